The maximum atomic E-state index is 12.3. The molecule has 3 amide bonds. The Morgan fingerprint density at radius 2 is 1.96 bits per heavy atom. The summed E-state index contributed by atoms with van der Waals surface area (Å²) in [5.41, 5.74) is 3.26. The molecule has 1 fully saturated rings. The Hall–Kier alpha value is -2.54. The van der Waals surface area contributed by atoms with Gasteiger partial charge in [-0.05, 0) is 31.0 Å². The van der Waals surface area contributed by atoms with Crippen LogP contribution in [0.5, 0.6) is 0 Å². The minimum Gasteiger partial charge on any atom is -0.312 e. The number of allylic oxidation sites excluding steroid dienone is 1. The highest BCUT2D eigenvalue weighted by molar-refractivity contribution is 7.16. The van der Waals surface area contributed by atoms with Crippen LogP contribution in [0.2, 0.25) is 0 Å². The van der Waals surface area contributed by atoms with Gasteiger partial charge in [-0.25, -0.2) is 0 Å². The van der Waals surface area contributed by atoms with Gasteiger partial charge in [-0.3, -0.25) is 19.3 Å². The van der Waals surface area contributed by atoms with Crippen molar-refractivity contribution in [2.45, 2.75) is 33.2 Å². The maximum absolute atomic E-state index is 12.3. The Morgan fingerprint density at radius 1 is 1.28 bits per heavy atom. The third-order valence-electron chi connectivity index (χ3n) is 4.09. The summed E-state index contributed by atoms with van der Waals surface area (Å²) in [6.07, 6.45) is 2.09. The average molecular weight is 357 g/mol. The first-order valence-corrected chi connectivity index (χ1v) is 8.84. The van der Waals surface area contributed by atoms with Crippen molar-refractivity contribution in [2.24, 2.45) is 4.99 Å². The van der Waals surface area contributed by atoms with Crippen LogP contribution in [0.1, 0.15) is 24.0 Å². The van der Waals surface area contributed by atoms with Crippen molar-refractivity contribution in [1.29, 1.82) is 0 Å². The minimum absolute atomic E-state index is 0.171. The van der Waals surface area contributed by atoms with E-state index in [-0.39, 0.29) is 31.2 Å². The fraction of sp³-hybridized carbons (Fsp3) is 0.333. The number of fused-ring (bicyclic) bond motifs is 1. The molecular weight excluding hydrogens is 338 g/mol. The number of hydrogen-bond acceptors (Lipinski definition) is 4. The predicted molar refractivity (Wildman–Crippen MR) is 96.0 cm³/mol. The lowest BCUT2D eigenvalue weighted by Gasteiger charge is -2.10. The molecule has 130 valence electrons. The smallest absolute Gasteiger partial charge is 0.268 e. The molecule has 1 aliphatic heterocycles. The summed E-state index contributed by atoms with van der Waals surface area (Å²) >= 11 is 1.43. The van der Waals surface area contributed by atoms with E-state index in [0.717, 1.165) is 26.2 Å². The lowest BCUT2D eigenvalue weighted by molar-refractivity contribution is -0.141. The van der Waals surface area contributed by atoms with Crippen LogP contribution in [0.4, 0.5) is 0 Å². The second-order valence-corrected chi connectivity index (χ2v) is 7.07. The summed E-state index contributed by atoms with van der Waals surface area (Å²) in [5, 5.41) is 0. The zero-order chi connectivity index (χ0) is 18.1. The number of benzene rings is 1. The number of likely N-dealkylation sites (tertiary alicyclic amines) is 1. The monoisotopic (exact) mass is 357 g/mol. The van der Waals surface area contributed by atoms with E-state index >= 15 is 0 Å². The van der Waals surface area contributed by atoms with E-state index in [2.05, 4.69) is 23.7 Å². The Kier molecular flexibility index (Phi) is 4.67. The van der Waals surface area contributed by atoms with Gasteiger partial charge in [0, 0.05) is 19.4 Å². The number of nitrogens with zero attached hydrogens (tertiary/aromatic N) is 3. The van der Waals surface area contributed by atoms with Gasteiger partial charge in [-0.15, -0.1) is 6.58 Å². The SMILES string of the molecule is C=CCn1c(=NC(=O)CN2C(=O)CCC2=O)sc2c(C)cc(C)cc21. The number of imide groups is 1. The zero-order valence-electron chi connectivity index (χ0n) is 14.2. The zero-order valence-corrected chi connectivity index (χ0v) is 15.1. The van der Waals surface area contributed by atoms with Crippen molar-refractivity contribution in [3.63, 3.8) is 0 Å². The minimum atomic E-state index is -0.498. The molecule has 1 saturated heterocycles. The molecule has 0 unspecified atom stereocenters. The third kappa shape index (κ3) is 3.32. The topological polar surface area (TPSA) is 71.7 Å². The van der Waals surface area contributed by atoms with Crippen molar-refractivity contribution in [3.05, 3.63) is 40.7 Å². The summed E-state index contributed by atoms with van der Waals surface area (Å²) < 4.78 is 2.99. The number of rotatable bonds is 4. The first-order chi connectivity index (χ1) is 11.9. The van der Waals surface area contributed by atoms with Gasteiger partial charge < -0.3 is 4.57 Å². The number of thiazole rings is 1. The summed E-state index contributed by atoms with van der Waals surface area (Å²) in [5.74, 6) is -1.12. The number of aryl methyl sites for hydroxylation is 2. The molecular formula is C18H19N3O3S. The van der Waals surface area contributed by atoms with E-state index in [0.29, 0.717) is 11.3 Å². The van der Waals surface area contributed by atoms with Gasteiger partial charge in [-0.2, -0.15) is 4.99 Å². The number of carbonyl (C=O) groups excluding carboxylic acids is 3. The number of hydrogen-bond donors (Lipinski definition) is 0. The first-order valence-electron chi connectivity index (χ1n) is 8.03. The third-order valence-corrected chi connectivity index (χ3v) is 5.32. The molecule has 0 spiro atoms. The van der Waals surface area contributed by atoms with Crippen LogP contribution in [-0.4, -0.2) is 33.7 Å². The molecule has 0 radical (unpaired) electrons. The summed E-state index contributed by atoms with van der Waals surface area (Å²) in [6.45, 7) is 8.05. The molecule has 0 bridgehead atoms. The quantitative estimate of drug-likeness (QED) is 0.621. The molecule has 7 heteroatoms. The summed E-state index contributed by atoms with van der Waals surface area (Å²) in [6, 6.07) is 4.14. The van der Waals surface area contributed by atoms with E-state index in [1.54, 1.807) is 6.08 Å². The fourth-order valence-electron chi connectivity index (χ4n) is 2.98. The molecule has 0 N–H and O–H groups in total. The van der Waals surface area contributed by atoms with Gasteiger partial charge in [0.15, 0.2) is 4.80 Å². The number of aromatic nitrogens is 1. The van der Waals surface area contributed by atoms with Crippen LogP contribution in [0, 0.1) is 13.8 Å². The predicted octanol–water partition coefficient (Wildman–Crippen LogP) is 2.08. The lowest BCUT2D eigenvalue weighted by atomic mass is 10.1. The van der Waals surface area contributed by atoms with Crippen molar-refractivity contribution >= 4 is 39.3 Å². The van der Waals surface area contributed by atoms with Gasteiger partial charge in [0.2, 0.25) is 11.8 Å². The summed E-state index contributed by atoms with van der Waals surface area (Å²) in [4.78, 5) is 41.3. The van der Waals surface area contributed by atoms with Crippen molar-refractivity contribution in [2.75, 3.05) is 6.54 Å². The van der Waals surface area contributed by atoms with Crippen LogP contribution in [-0.2, 0) is 20.9 Å². The van der Waals surface area contributed by atoms with E-state index < -0.39 is 5.91 Å². The number of carbonyl (C=O) groups is 3. The highest BCUT2D eigenvalue weighted by Crippen LogP contribution is 2.23. The van der Waals surface area contributed by atoms with Crippen LogP contribution in [0.25, 0.3) is 10.2 Å². The van der Waals surface area contributed by atoms with Crippen LogP contribution in [0.15, 0.2) is 29.8 Å². The average Bonchev–Trinajstić information content (AvgIpc) is 3.03. The van der Waals surface area contributed by atoms with E-state index in [1.165, 1.54) is 11.3 Å². The Morgan fingerprint density at radius 3 is 2.60 bits per heavy atom. The normalized spacial score (nSPS) is 15.4. The van der Waals surface area contributed by atoms with E-state index in [1.807, 2.05) is 18.4 Å². The standard InChI is InChI=1S/C18H19N3O3S/c1-4-7-20-13-9-11(2)8-12(3)17(13)25-18(20)19-14(22)10-21-15(23)5-6-16(21)24/h4,8-9H,1,5-7,10H2,2-3H3. The molecule has 1 aliphatic rings. The Labute approximate surface area is 149 Å². The molecule has 2 aromatic rings. The number of amides is 3. The molecule has 25 heavy (non-hydrogen) atoms. The first kappa shape index (κ1) is 17.3. The second kappa shape index (κ2) is 6.76. The lowest BCUT2D eigenvalue weighted by Crippen LogP contribution is -2.34. The molecule has 0 aliphatic carbocycles. The molecule has 1 aromatic heterocycles. The maximum Gasteiger partial charge on any atom is 0.268 e. The van der Waals surface area contributed by atoms with Crippen molar-refractivity contribution in [3.8, 4) is 0 Å². The molecule has 1 aromatic carbocycles. The highest BCUT2D eigenvalue weighted by Gasteiger charge is 2.30. The Bertz CT molecular complexity index is 952. The van der Waals surface area contributed by atoms with Crippen LogP contribution >= 0.6 is 11.3 Å². The van der Waals surface area contributed by atoms with Gasteiger partial charge in [0.1, 0.15) is 6.54 Å². The van der Waals surface area contributed by atoms with Gasteiger partial charge in [0.05, 0.1) is 10.2 Å². The van der Waals surface area contributed by atoms with Crippen LogP contribution < -0.4 is 4.80 Å². The highest BCUT2D eigenvalue weighted by atomic mass is 32.1. The Balaban J connectivity index is 2.03. The fourth-order valence-corrected chi connectivity index (χ4v) is 4.09. The molecule has 2 heterocycles. The van der Waals surface area contributed by atoms with Gasteiger partial charge in [0.25, 0.3) is 5.91 Å². The second-order valence-electron chi connectivity index (χ2n) is 6.09. The van der Waals surface area contributed by atoms with Gasteiger partial charge >= 0.3 is 0 Å². The molecule has 3 rings (SSSR count). The molecule has 6 nitrogen and oxygen atoms in total. The molecule has 0 atom stereocenters. The summed E-state index contributed by atoms with van der Waals surface area (Å²) in [7, 11) is 0. The van der Waals surface area contributed by atoms with Crippen molar-refractivity contribution < 1.29 is 14.4 Å². The van der Waals surface area contributed by atoms with E-state index in [4.69, 9.17) is 0 Å². The van der Waals surface area contributed by atoms with E-state index in [9.17, 15) is 14.4 Å². The molecule has 0 saturated carbocycles. The van der Waals surface area contributed by atoms with Gasteiger partial charge in [-0.1, -0.05) is 23.5 Å². The van der Waals surface area contributed by atoms with Crippen LogP contribution in [0.3, 0.4) is 0 Å². The van der Waals surface area contributed by atoms with Crippen molar-refractivity contribution in [1.82, 2.24) is 9.47 Å². The largest absolute Gasteiger partial charge is 0.312 e.